The van der Waals surface area contributed by atoms with Gasteiger partial charge in [0.15, 0.2) is 0 Å². The summed E-state index contributed by atoms with van der Waals surface area (Å²) in [7, 11) is 0. The number of amides is 1. The number of benzene rings is 1. The lowest BCUT2D eigenvalue weighted by Gasteiger charge is -2.25. The Labute approximate surface area is 113 Å². The van der Waals surface area contributed by atoms with E-state index in [4.69, 9.17) is 0 Å². The lowest BCUT2D eigenvalue weighted by atomic mass is 9.92. The molecule has 1 aromatic carbocycles. The number of carbonyl (C=O) groups excluding carboxylic acids is 1. The minimum Gasteiger partial charge on any atom is -0.481 e. The van der Waals surface area contributed by atoms with E-state index in [1.807, 2.05) is 25.1 Å². The van der Waals surface area contributed by atoms with Gasteiger partial charge in [0.25, 0.3) is 0 Å². The van der Waals surface area contributed by atoms with Gasteiger partial charge in [-0.2, -0.15) is 0 Å². The van der Waals surface area contributed by atoms with Gasteiger partial charge in [0.2, 0.25) is 5.91 Å². The van der Waals surface area contributed by atoms with Crippen molar-refractivity contribution in [2.45, 2.75) is 39.0 Å². The molecule has 1 unspecified atom stereocenters. The first-order valence-electron chi connectivity index (χ1n) is 6.69. The number of carboxylic acids is 1. The second kappa shape index (κ2) is 5.43. The summed E-state index contributed by atoms with van der Waals surface area (Å²) in [6.07, 6.45) is 2.09. The van der Waals surface area contributed by atoms with E-state index in [1.54, 1.807) is 4.90 Å². The normalized spacial score (nSPS) is 18.6. The van der Waals surface area contributed by atoms with Gasteiger partial charge in [0.05, 0.1) is 11.6 Å². The van der Waals surface area contributed by atoms with E-state index in [2.05, 4.69) is 0 Å². The Balaban J connectivity index is 2.63. The molecule has 1 atom stereocenters. The summed E-state index contributed by atoms with van der Waals surface area (Å²) in [6.45, 7) is 4.16. The summed E-state index contributed by atoms with van der Waals surface area (Å²) in [5.41, 5.74) is 2.64. The zero-order chi connectivity index (χ0) is 14.0. The van der Waals surface area contributed by atoms with Gasteiger partial charge in [-0.1, -0.05) is 25.1 Å². The quantitative estimate of drug-likeness (QED) is 0.890. The molecular formula is C15H19NO3. The molecule has 1 N–H and O–H groups in total. The number of carbonyl (C=O) groups is 2. The highest BCUT2D eigenvalue weighted by molar-refractivity contribution is 5.95. The molecule has 0 aliphatic carbocycles. The molecule has 4 nitrogen and oxygen atoms in total. The zero-order valence-corrected chi connectivity index (χ0v) is 11.3. The van der Waals surface area contributed by atoms with Gasteiger partial charge in [0, 0.05) is 13.5 Å². The highest BCUT2D eigenvalue weighted by Crippen LogP contribution is 2.37. The van der Waals surface area contributed by atoms with Gasteiger partial charge in [-0.25, -0.2) is 0 Å². The molecule has 102 valence electrons. The van der Waals surface area contributed by atoms with Crippen molar-refractivity contribution in [3.8, 4) is 0 Å². The number of aliphatic carboxylic acids is 1. The predicted molar refractivity (Wildman–Crippen MR) is 73.5 cm³/mol. The molecule has 1 aliphatic rings. The zero-order valence-electron chi connectivity index (χ0n) is 11.3. The molecule has 0 saturated carbocycles. The van der Waals surface area contributed by atoms with Crippen LogP contribution in [-0.2, 0) is 16.0 Å². The summed E-state index contributed by atoms with van der Waals surface area (Å²) in [5, 5.41) is 9.40. The molecule has 4 heteroatoms. The Morgan fingerprint density at radius 1 is 1.42 bits per heavy atom. The number of hydrogen-bond donors (Lipinski definition) is 1. The SMILES string of the molecule is CCc1cccc2c1N(C(C)=O)CCCC2C(=O)O. The Morgan fingerprint density at radius 3 is 2.74 bits per heavy atom. The molecule has 0 spiro atoms. The number of aryl methyl sites for hydroxylation is 1. The van der Waals surface area contributed by atoms with Crippen molar-refractivity contribution >= 4 is 17.6 Å². The van der Waals surface area contributed by atoms with Crippen LogP contribution in [0.3, 0.4) is 0 Å². The molecule has 0 fully saturated rings. The van der Waals surface area contributed by atoms with Gasteiger partial charge in [-0.05, 0) is 30.4 Å². The van der Waals surface area contributed by atoms with Gasteiger partial charge in [0.1, 0.15) is 0 Å². The maximum absolute atomic E-state index is 11.8. The molecule has 19 heavy (non-hydrogen) atoms. The summed E-state index contributed by atoms with van der Waals surface area (Å²) >= 11 is 0. The smallest absolute Gasteiger partial charge is 0.311 e. The molecule has 0 bridgehead atoms. The van der Waals surface area contributed by atoms with Crippen LogP contribution < -0.4 is 4.90 Å². The van der Waals surface area contributed by atoms with Gasteiger partial charge in [-0.15, -0.1) is 0 Å². The maximum atomic E-state index is 11.8. The van der Waals surface area contributed by atoms with Crippen LogP contribution in [0.15, 0.2) is 18.2 Å². The number of hydrogen-bond acceptors (Lipinski definition) is 2. The van der Waals surface area contributed by atoms with Crippen molar-refractivity contribution < 1.29 is 14.7 Å². The lowest BCUT2D eigenvalue weighted by Crippen LogP contribution is -2.30. The Bertz CT molecular complexity index is 510. The van der Waals surface area contributed by atoms with Gasteiger partial charge < -0.3 is 10.0 Å². The van der Waals surface area contributed by atoms with Crippen molar-refractivity contribution in [1.82, 2.24) is 0 Å². The average Bonchev–Trinajstić information content (AvgIpc) is 2.57. The largest absolute Gasteiger partial charge is 0.481 e. The van der Waals surface area contributed by atoms with Crippen LogP contribution in [0.1, 0.15) is 43.7 Å². The molecule has 1 amide bonds. The summed E-state index contributed by atoms with van der Waals surface area (Å²) in [4.78, 5) is 25.0. The van der Waals surface area contributed by atoms with E-state index < -0.39 is 11.9 Å². The fraction of sp³-hybridized carbons (Fsp3) is 0.467. The van der Waals surface area contributed by atoms with Crippen LogP contribution >= 0.6 is 0 Å². The van der Waals surface area contributed by atoms with E-state index in [0.29, 0.717) is 19.4 Å². The highest BCUT2D eigenvalue weighted by Gasteiger charge is 2.30. The van der Waals surface area contributed by atoms with Crippen molar-refractivity contribution in [2.24, 2.45) is 0 Å². The van der Waals surface area contributed by atoms with Crippen LogP contribution in [0.25, 0.3) is 0 Å². The molecule has 1 aromatic rings. The fourth-order valence-corrected chi connectivity index (χ4v) is 2.80. The van der Waals surface area contributed by atoms with Crippen molar-refractivity contribution in [3.05, 3.63) is 29.3 Å². The molecule has 0 saturated heterocycles. The number of fused-ring (bicyclic) bond motifs is 1. The van der Waals surface area contributed by atoms with E-state index in [-0.39, 0.29) is 5.91 Å². The van der Waals surface area contributed by atoms with E-state index in [9.17, 15) is 14.7 Å². The topological polar surface area (TPSA) is 57.6 Å². The minimum absolute atomic E-state index is 0.0202. The third kappa shape index (κ3) is 2.48. The van der Waals surface area contributed by atoms with Crippen molar-refractivity contribution in [1.29, 1.82) is 0 Å². The first-order chi connectivity index (χ1) is 9.06. The first-order valence-corrected chi connectivity index (χ1v) is 6.69. The Kier molecular flexibility index (Phi) is 3.88. The van der Waals surface area contributed by atoms with Crippen molar-refractivity contribution in [2.75, 3.05) is 11.4 Å². The van der Waals surface area contributed by atoms with Crippen LogP contribution in [0.4, 0.5) is 5.69 Å². The van der Waals surface area contributed by atoms with E-state index >= 15 is 0 Å². The predicted octanol–water partition coefficient (Wildman–Crippen LogP) is 2.56. The Hall–Kier alpha value is -1.84. The molecule has 0 radical (unpaired) electrons. The second-order valence-electron chi connectivity index (χ2n) is 4.91. The maximum Gasteiger partial charge on any atom is 0.311 e. The third-order valence-corrected chi connectivity index (χ3v) is 3.73. The number of rotatable bonds is 2. The fourth-order valence-electron chi connectivity index (χ4n) is 2.80. The third-order valence-electron chi connectivity index (χ3n) is 3.73. The monoisotopic (exact) mass is 261 g/mol. The van der Waals surface area contributed by atoms with Crippen LogP contribution in [-0.4, -0.2) is 23.5 Å². The van der Waals surface area contributed by atoms with Gasteiger partial charge >= 0.3 is 5.97 Å². The highest BCUT2D eigenvalue weighted by atomic mass is 16.4. The molecule has 0 aromatic heterocycles. The number of nitrogens with zero attached hydrogens (tertiary/aromatic N) is 1. The number of para-hydroxylation sites is 1. The second-order valence-corrected chi connectivity index (χ2v) is 4.91. The van der Waals surface area contributed by atoms with E-state index in [1.165, 1.54) is 6.92 Å². The lowest BCUT2D eigenvalue weighted by molar-refractivity contribution is -0.139. The average molecular weight is 261 g/mol. The molecule has 1 heterocycles. The number of anilines is 1. The number of carboxylic acid groups (broad SMARTS) is 1. The van der Waals surface area contributed by atoms with E-state index in [0.717, 1.165) is 23.2 Å². The molecule has 2 rings (SSSR count). The van der Waals surface area contributed by atoms with Gasteiger partial charge in [-0.3, -0.25) is 9.59 Å². The summed E-state index contributed by atoms with van der Waals surface area (Å²) in [6, 6.07) is 5.70. The van der Waals surface area contributed by atoms with Crippen molar-refractivity contribution in [3.63, 3.8) is 0 Å². The summed E-state index contributed by atoms with van der Waals surface area (Å²) < 4.78 is 0. The summed E-state index contributed by atoms with van der Waals surface area (Å²) in [5.74, 6) is -1.33. The minimum atomic E-state index is -0.806. The standard InChI is InChI=1S/C15H19NO3/c1-3-11-6-4-7-12-13(15(18)19)8-5-9-16(10(2)17)14(11)12/h4,6-7,13H,3,5,8-9H2,1-2H3,(H,18,19). The molecule has 1 aliphatic heterocycles. The Morgan fingerprint density at radius 2 is 2.16 bits per heavy atom. The molecular weight excluding hydrogens is 242 g/mol. The van der Waals surface area contributed by atoms with Crippen LogP contribution in [0.2, 0.25) is 0 Å². The van der Waals surface area contributed by atoms with Crippen LogP contribution in [0.5, 0.6) is 0 Å². The van der Waals surface area contributed by atoms with Crippen LogP contribution in [0, 0.1) is 0 Å². The first kappa shape index (κ1) is 13.6.